The van der Waals surface area contributed by atoms with Gasteiger partial charge in [0.15, 0.2) is 40.1 Å². The Morgan fingerprint density at radius 1 is 0.529 bits per heavy atom. The SMILES string of the molecule is CCCCOC(=O)N/C(=N\n1cnnc1)c1ccc(Cl)cc1Cl.Clc1ccc(-c2nc(Cl)c3nncn3n2)c(Cl)c1.N#Cc1ccc(NCCN)nc1.N#Cc1ccc(NCCNc2nc(-c3ccc(Cl)cc3Cl)nn3cnnc23)nc1.N/C(=N\n1cnnc1)c1ccc(Cl)cc1Cl.O=P(Cl)(Cl)Cl.O=c1[nH]c(-c2ccc(Cl)cc2Cl)nn2cnnc12. The minimum Gasteiger partial charge on any atom is -0.449 e. The lowest BCUT2D eigenvalue weighted by atomic mass is 10.2. The number of fused-ring (bicyclic) bond motifs is 3. The van der Waals surface area contributed by atoms with Crippen molar-refractivity contribution in [2.75, 3.05) is 48.7 Å². The molecule has 52 heteroatoms. The first kappa shape index (κ1) is 93.8. The van der Waals surface area contributed by atoms with Crippen LogP contribution in [0.5, 0.6) is 0 Å². The monoisotopic (exact) mass is 1930 g/mol. The van der Waals surface area contributed by atoms with Crippen molar-refractivity contribution < 1.29 is 14.1 Å². The fourth-order valence-corrected chi connectivity index (χ4v) is 11.8. The molecule has 0 saturated heterocycles. The number of unbranched alkanes of at least 4 members (excludes halogenated alkanes) is 1. The van der Waals surface area contributed by atoms with Crippen LogP contribution in [0.3, 0.4) is 0 Å². The lowest BCUT2D eigenvalue weighted by Gasteiger charge is -2.11. The maximum atomic E-state index is 11.9. The van der Waals surface area contributed by atoms with Crippen molar-refractivity contribution in [2.24, 2.45) is 21.7 Å². The van der Waals surface area contributed by atoms with E-state index in [9.17, 15) is 14.2 Å². The van der Waals surface area contributed by atoms with Crippen LogP contribution < -0.4 is 38.3 Å². The molecule has 0 aliphatic heterocycles. The van der Waals surface area contributed by atoms with Crippen molar-refractivity contribution in [3.05, 3.63) is 260 Å². The van der Waals surface area contributed by atoms with E-state index in [4.69, 9.17) is 154 Å². The van der Waals surface area contributed by atoms with Gasteiger partial charge < -0.3 is 37.1 Å². The third-order valence-electron chi connectivity index (χ3n) is 14.5. The molecule has 9 N–H and O–H groups in total. The summed E-state index contributed by atoms with van der Waals surface area (Å²) in [5.41, 5.74) is 15.8. The molecule has 10 heterocycles. The van der Waals surface area contributed by atoms with Gasteiger partial charge in [-0.25, -0.2) is 34.1 Å². The number of benzene rings is 5. The minimum absolute atomic E-state index is 0.129. The van der Waals surface area contributed by atoms with Crippen LogP contribution >= 0.6 is 167 Å². The van der Waals surface area contributed by atoms with Gasteiger partial charge >= 0.3 is 11.3 Å². The van der Waals surface area contributed by atoms with Crippen molar-refractivity contribution in [3.8, 4) is 46.3 Å². The summed E-state index contributed by atoms with van der Waals surface area (Å²) in [4.78, 5) is 43.1. The third kappa shape index (κ3) is 29.4. The molecule has 0 aliphatic rings. The Morgan fingerprint density at radius 3 is 1.45 bits per heavy atom. The van der Waals surface area contributed by atoms with Gasteiger partial charge in [0.2, 0.25) is 16.9 Å². The summed E-state index contributed by atoms with van der Waals surface area (Å²) in [5, 5.41) is 89.2. The summed E-state index contributed by atoms with van der Waals surface area (Å²) in [6, 6.07) is 35.9. The summed E-state index contributed by atoms with van der Waals surface area (Å²) in [5.74, 6) is 3.54. The first-order valence-corrected chi connectivity index (χ1v) is 42.4. The molecule has 5 aromatic carbocycles. The first-order valence-electron chi connectivity index (χ1n) is 33.9. The van der Waals surface area contributed by atoms with Crippen molar-refractivity contribution in [2.45, 2.75) is 19.8 Å². The van der Waals surface area contributed by atoms with Gasteiger partial charge in [-0.1, -0.05) is 141 Å². The number of rotatable bonds is 18. The zero-order valence-electron chi connectivity index (χ0n) is 61.3. The Balaban J connectivity index is 0.000000166. The van der Waals surface area contributed by atoms with Crippen LogP contribution in [0.1, 0.15) is 42.0 Å². The smallest absolute Gasteiger partial charge is 0.412 e. The summed E-state index contributed by atoms with van der Waals surface area (Å²) < 4.78 is 21.6. The molecule has 37 nitrogen and oxygen atoms in total. The van der Waals surface area contributed by atoms with E-state index in [1.807, 2.05) is 19.1 Å². The first-order chi connectivity index (χ1) is 58.1. The molecular weight excluding hydrogens is 1880 g/mol. The molecule has 0 bridgehead atoms. The van der Waals surface area contributed by atoms with E-state index in [0.717, 1.165) is 18.7 Å². The maximum Gasteiger partial charge on any atom is 0.412 e. The Kier molecular flexibility index (Phi) is 36.2. The van der Waals surface area contributed by atoms with Gasteiger partial charge in [0.05, 0.1) is 42.8 Å². The molecule has 121 heavy (non-hydrogen) atoms. The van der Waals surface area contributed by atoms with Gasteiger partial charge in [-0.05, 0) is 155 Å². The molecule has 1 amide bonds. The average molecular weight is 1940 g/mol. The molecule has 0 aliphatic carbocycles. The highest BCUT2D eigenvalue weighted by molar-refractivity contribution is 8.24. The number of aromatic amines is 1. The molecule has 0 radical (unpaired) electrons. The largest absolute Gasteiger partial charge is 0.449 e. The van der Waals surface area contributed by atoms with E-state index in [1.54, 1.807) is 115 Å². The number of nitrogens with two attached hydrogens (primary N) is 2. The highest BCUT2D eigenvalue weighted by Gasteiger charge is 2.19. The fraction of sp³-hybridized carbons (Fsp3) is 0.116. The van der Waals surface area contributed by atoms with Crippen LogP contribution in [-0.4, -0.2) is 165 Å². The molecule has 0 spiro atoms. The number of carbonyl (C=O) groups is 1. The zero-order chi connectivity index (χ0) is 87.1. The highest BCUT2D eigenvalue weighted by Crippen LogP contribution is 2.61. The van der Waals surface area contributed by atoms with Crippen molar-refractivity contribution in [1.29, 1.82) is 10.5 Å². The van der Waals surface area contributed by atoms with E-state index >= 15 is 0 Å². The molecule has 0 fully saturated rings. The van der Waals surface area contributed by atoms with E-state index in [0.29, 0.717) is 162 Å². The van der Waals surface area contributed by atoms with Gasteiger partial charge in [-0.2, -0.15) is 24.1 Å². The zero-order valence-corrected chi connectivity index (χ0v) is 72.7. The van der Waals surface area contributed by atoms with Crippen LogP contribution in [0.15, 0.2) is 187 Å². The maximum absolute atomic E-state index is 11.9. The molecule has 10 aromatic heterocycles. The molecular formula is C69H54Cl14N33O4P. The van der Waals surface area contributed by atoms with Gasteiger partial charge in [0.1, 0.15) is 68.1 Å². The molecule has 622 valence electrons. The number of anilines is 3. The van der Waals surface area contributed by atoms with E-state index in [1.165, 1.54) is 79.6 Å². The van der Waals surface area contributed by atoms with Gasteiger partial charge in [0, 0.05) is 91.5 Å². The normalized spacial score (nSPS) is 10.9. The van der Waals surface area contributed by atoms with Crippen LogP contribution in [0, 0.1) is 22.7 Å². The van der Waals surface area contributed by atoms with E-state index < -0.39 is 11.3 Å². The quantitative estimate of drug-likeness (QED) is 0.0181. The number of amides is 1. The molecule has 15 aromatic rings. The predicted molar refractivity (Wildman–Crippen MR) is 468 cm³/mol. The van der Waals surface area contributed by atoms with Gasteiger partial charge in [-0.15, -0.1) is 76.5 Å². The topological polar surface area (TPSA) is 491 Å². The predicted octanol–water partition coefficient (Wildman–Crippen LogP) is 16.4. The lowest BCUT2D eigenvalue weighted by molar-refractivity contribution is 0.150. The Labute approximate surface area is 752 Å². The molecule has 0 unspecified atom stereocenters. The second-order valence-corrected chi connectivity index (χ2v) is 34.2. The third-order valence-corrected chi connectivity index (χ3v) is 17.5. The number of amidine groups is 2. The second kappa shape index (κ2) is 46.7. The lowest BCUT2D eigenvalue weighted by Crippen LogP contribution is -2.33. The highest BCUT2D eigenvalue weighted by atomic mass is 36.0. The van der Waals surface area contributed by atoms with Crippen molar-refractivity contribution in [3.63, 3.8) is 0 Å². The Hall–Kier alpha value is -11.0. The number of nitrogens with zero attached hydrogens (tertiary/aromatic N) is 26. The molecule has 15 rings (SSSR count). The van der Waals surface area contributed by atoms with Crippen LogP contribution in [0.4, 0.5) is 22.2 Å². The van der Waals surface area contributed by atoms with Crippen LogP contribution in [0.25, 0.3) is 51.1 Å². The molecule has 0 atom stereocenters. The standard InChI is InChI=1S/C18H13Cl2N9.C14H15Cl2N5O2.C10H4Cl3N5.C10H5Cl2N5O.C9H7Cl2N5.C8H10N4.Cl3OP/c19-12-2-3-13(14(20)7-12)16-26-17(18-27-25-10-29(18)28-16)23-6-5-22-15-4-1-11(8-21)9-24-15;1-2-3-6-23-14(22)19-13(20-21-8-17-18-9-21)11-5-4-10(15)7-12(11)16;11-5-1-2-6(7(12)3-5)9-15-8(13)10-16-14-4-18(10)17-9;11-5-1-2-6(7(12)3-5)8-14-10(18)9-15-13-4-17(9)16-8;10-6-1-2-7(8(11)3-6)9(12)15-16-4-13-14-5-16;9-3-4-11-8-2-1-7(5-10)6-12-8;1-5(2,3)4/h1-4,7,9-10H,5-6H2,(H,22,24)(H,23,26,28);4-5,7-9H,2-3,6H2,1H3,(H,19,20,22);1-4H;1-4H,(H,14,16,18);1-5H,(H2,12,15);1-2,6H,3-4,9H2,(H,11,12);. The van der Waals surface area contributed by atoms with Gasteiger partial charge in [0.25, 0.3) is 5.56 Å². The number of carbonyl (C=O) groups excluding carboxylic acids is 1. The number of nitrogens with one attached hydrogen (secondary N) is 5. The number of halogens is 14. The Bertz CT molecular complexity index is 6260. The second-order valence-electron chi connectivity index (χ2n) is 23.0. The van der Waals surface area contributed by atoms with E-state index in [2.05, 4.69) is 156 Å². The summed E-state index contributed by atoms with van der Waals surface area (Å²) in [6.07, 6.45) is 14.0. The number of aromatic nitrogens is 23. The number of ether oxygens (including phenoxy) is 1. The number of alkyl carbamates (subject to hydrolysis) is 1. The summed E-state index contributed by atoms with van der Waals surface area (Å²) in [6.45, 7) is 4.71. The number of hydrogen-bond donors (Lipinski definition) is 7. The number of H-pyrrole nitrogens is 1. The molecule has 0 saturated carbocycles. The van der Waals surface area contributed by atoms with Crippen LogP contribution in [-0.2, 0) is 9.30 Å². The number of pyridine rings is 2. The van der Waals surface area contributed by atoms with Crippen molar-refractivity contribution >= 4 is 219 Å². The minimum atomic E-state index is -3.22. The van der Waals surface area contributed by atoms with Gasteiger partial charge in [-0.3, -0.25) is 14.7 Å². The average Bonchev–Trinajstić information content (AvgIpc) is 1.75. The summed E-state index contributed by atoms with van der Waals surface area (Å²) >= 11 is 79.7. The van der Waals surface area contributed by atoms with Crippen LogP contribution in [0.2, 0.25) is 55.4 Å². The van der Waals surface area contributed by atoms with Crippen molar-refractivity contribution in [1.82, 2.24) is 119 Å². The summed E-state index contributed by atoms with van der Waals surface area (Å²) in [7, 11) is 0. The number of nitriles is 2. The van der Waals surface area contributed by atoms with E-state index in [-0.39, 0.29) is 28.0 Å². The number of hydrogen-bond acceptors (Lipinski definition) is 29. The Morgan fingerprint density at radius 2 is 0.967 bits per heavy atom. The fourth-order valence-electron chi connectivity index (χ4n) is 9.14.